The quantitative estimate of drug-likeness (QED) is 0.824. The molecular weight excluding hydrogens is 219 g/mol. The number of nitriles is 1. The van der Waals surface area contributed by atoms with Crippen LogP contribution in [0.5, 0.6) is 0 Å². The highest BCUT2D eigenvalue weighted by atomic mass is 35.5. The summed E-state index contributed by atoms with van der Waals surface area (Å²) in [5.74, 6) is -0.528. The topological polar surface area (TPSA) is 56.0 Å². The van der Waals surface area contributed by atoms with Crippen LogP contribution in [0.25, 0.3) is 0 Å². The summed E-state index contributed by atoms with van der Waals surface area (Å²) in [4.78, 5) is 0. The molecule has 3 nitrogen and oxygen atoms in total. The molecule has 0 saturated heterocycles. The Bertz CT molecular complexity index is 358. The number of nitrogens with zero attached hydrogens (tertiary/aromatic N) is 1. The molecule has 0 aliphatic heterocycles. The number of aliphatic hydroxyl groups is 1. The van der Waals surface area contributed by atoms with Crippen molar-refractivity contribution in [3.63, 3.8) is 0 Å². The van der Waals surface area contributed by atoms with Gasteiger partial charge >= 0.3 is 0 Å². The Kier molecular flexibility index (Phi) is 4.50. The van der Waals surface area contributed by atoms with Crippen molar-refractivity contribution in [2.45, 2.75) is 6.04 Å². The molecule has 0 aromatic heterocycles. The number of halogens is 2. The van der Waals surface area contributed by atoms with E-state index < -0.39 is 11.9 Å². The van der Waals surface area contributed by atoms with Gasteiger partial charge in [0.15, 0.2) is 0 Å². The highest BCUT2D eigenvalue weighted by Crippen LogP contribution is 2.25. The molecule has 1 aromatic carbocycles. The smallest absolute Gasteiger partial charge is 0.130 e. The summed E-state index contributed by atoms with van der Waals surface area (Å²) in [6, 6.07) is 5.28. The summed E-state index contributed by atoms with van der Waals surface area (Å²) in [6.07, 6.45) is 0. The Morgan fingerprint density at radius 3 is 2.87 bits per heavy atom. The largest absolute Gasteiger partial charge is 0.395 e. The molecular formula is C10H10ClFN2O. The third-order valence-corrected chi connectivity index (χ3v) is 2.21. The Hall–Kier alpha value is -1.15. The summed E-state index contributed by atoms with van der Waals surface area (Å²) in [6.45, 7) is 0.0904. The van der Waals surface area contributed by atoms with E-state index in [0.717, 1.165) is 0 Å². The Labute approximate surface area is 92.1 Å². The van der Waals surface area contributed by atoms with Gasteiger partial charge in [0.25, 0.3) is 0 Å². The van der Waals surface area contributed by atoms with Gasteiger partial charge in [0.1, 0.15) is 11.9 Å². The fourth-order valence-corrected chi connectivity index (χ4v) is 1.48. The average molecular weight is 229 g/mol. The molecule has 0 saturated carbocycles. The number of rotatable bonds is 4. The molecule has 15 heavy (non-hydrogen) atoms. The minimum atomic E-state index is -0.842. The SMILES string of the molecule is N#CC(NCCO)c1c(F)cccc1Cl. The zero-order valence-corrected chi connectivity index (χ0v) is 8.63. The van der Waals surface area contributed by atoms with Crippen LogP contribution >= 0.6 is 11.6 Å². The van der Waals surface area contributed by atoms with Crippen molar-refractivity contribution < 1.29 is 9.50 Å². The molecule has 1 atom stereocenters. The first-order chi connectivity index (χ1) is 7.20. The van der Waals surface area contributed by atoms with Gasteiger partial charge in [-0.3, -0.25) is 5.32 Å². The molecule has 0 fully saturated rings. The summed E-state index contributed by atoms with van der Waals surface area (Å²) in [7, 11) is 0. The molecule has 80 valence electrons. The summed E-state index contributed by atoms with van der Waals surface area (Å²) < 4.78 is 13.4. The number of hydrogen-bond donors (Lipinski definition) is 2. The molecule has 5 heteroatoms. The van der Waals surface area contributed by atoms with Crippen molar-refractivity contribution in [2.75, 3.05) is 13.2 Å². The summed E-state index contributed by atoms with van der Waals surface area (Å²) in [5.41, 5.74) is 0.120. The van der Waals surface area contributed by atoms with Gasteiger partial charge in [-0.2, -0.15) is 5.26 Å². The fraction of sp³-hybridized carbons (Fsp3) is 0.300. The molecule has 1 unspecified atom stereocenters. The molecule has 1 aromatic rings. The van der Waals surface area contributed by atoms with Gasteiger partial charge in [0.2, 0.25) is 0 Å². The van der Waals surface area contributed by atoms with Crippen molar-refractivity contribution in [1.29, 1.82) is 5.26 Å². The fourth-order valence-electron chi connectivity index (χ4n) is 1.21. The van der Waals surface area contributed by atoms with Gasteiger partial charge in [-0.15, -0.1) is 0 Å². The average Bonchev–Trinajstić information content (AvgIpc) is 2.22. The maximum atomic E-state index is 13.4. The molecule has 0 radical (unpaired) electrons. The number of nitrogens with one attached hydrogen (secondary N) is 1. The van der Waals surface area contributed by atoms with Crippen LogP contribution in [0.15, 0.2) is 18.2 Å². The van der Waals surface area contributed by atoms with Crippen LogP contribution < -0.4 is 5.32 Å². The van der Waals surface area contributed by atoms with E-state index in [1.807, 2.05) is 6.07 Å². The second-order valence-corrected chi connectivity index (χ2v) is 3.28. The van der Waals surface area contributed by atoms with Crippen LogP contribution in [0.2, 0.25) is 5.02 Å². The van der Waals surface area contributed by atoms with E-state index in [1.54, 1.807) is 0 Å². The van der Waals surface area contributed by atoms with Crippen LogP contribution in [-0.2, 0) is 0 Å². The Morgan fingerprint density at radius 1 is 1.60 bits per heavy atom. The van der Waals surface area contributed by atoms with Gasteiger partial charge in [-0.25, -0.2) is 4.39 Å². The maximum Gasteiger partial charge on any atom is 0.130 e. The highest BCUT2D eigenvalue weighted by Gasteiger charge is 2.17. The molecule has 0 amide bonds. The van der Waals surface area contributed by atoms with Gasteiger partial charge in [-0.1, -0.05) is 17.7 Å². The van der Waals surface area contributed by atoms with Crippen LogP contribution in [0, 0.1) is 17.1 Å². The number of benzene rings is 1. The van der Waals surface area contributed by atoms with Crippen molar-refractivity contribution in [2.24, 2.45) is 0 Å². The zero-order valence-electron chi connectivity index (χ0n) is 7.87. The first-order valence-corrected chi connectivity index (χ1v) is 4.76. The molecule has 1 rings (SSSR count). The van der Waals surface area contributed by atoms with Crippen molar-refractivity contribution in [1.82, 2.24) is 5.32 Å². The minimum absolute atomic E-state index is 0.120. The monoisotopic (exact) mass is 228 g/mol. The predicted molar refractivity (Wildman–Crippen MR) is 54.9 cm³/mol. The third-order valence-electron chi connectivity index (χ3n) is 1.88. The molecule has 0 aliphatic rings. The van der Waals surface area contributed by atoms with E-state index in [9.17, 15) is 4.39 Å². The zero-order chi connectivity index (χ0) is 11.3. The van der Waals surface area contributed by atoms with Crippen LogP contribution in [0.4, 0.5) is 4.39 Å². The van der Waals surface area contributed by atoms with Crippen LogP contribution in [0.1, 0.15) is 11.6 Å². The van der Waals surface area contributed by atoms with Crippen LogP contribution in [0.3, 0.4) is 0 Å². The summed E-state index contributed by atoms with van der Waals surface area (Å²) >= 11 is 5.79. The molecule has 0 bridgehead atoms. The lowest BCUT2D eigenvalue weighted by Gasteiger charge is -2.13. The number of aliphatic hydroxyl groups excluding tert-OH is 1. The Morgan fingerprint density at radius 2 is 2.33 bits per heavy atom. The minimum Gasteiger partial charge on any atom is -0.395 e. The van der Waals surface area contributed by atoms with Gasteiger partial charge in [0, 0.05) is 17.1 Å². The van der Waals surface area contributed by atoms with Crippen molar-refractivity contribution in [3.05, 3.63) is 34.6 Å². The maximum absolute atomic E-state index is 13.4. The van der Waals surface area contributed by atoms with E-state index >= 15 is 0 Å². The van der Waals surface area contributed by atoms with Crippen LogP contribution in [-0.4, -0.2) is 18.3 Å². The normalized spacial score (nSPS) is 12.1. The van der Waals surface area contributed by atoms with E-state index in [0.29, 0.717) is 0 Å². The Balaban J connectivity index is 2.97. The second-order valence-electron chi connectivity index (χ2n) is 2.88. The van der Waals surface area contributed by atoms with Crippen molar-refractivity contribution >= 4 is 11.6 Å². The molecule has 0 aliphatic carbocycles. The lowest BCUT2D eigenvalue weighted by molar-refractivity contribution is 0.289. The van der Waals surface area contributed by atoms with E-state index in [1.165, 1.54) is 18.2 Å². The first-order valence-electron chi connectivity index (χ1n) is 4.38. The third kappa shape index (κ3) is 2.90. The predicted octanol–water partition coefficient (Wildman–Crippen LogP) is 1.63. The van der Waals surface area contributed by atoms with Gasteiger partial charge in [0.05, 0.1) is 12.7 Å². The number of hydrogen-bond acceptors (Lipinski definition) is 3. The lowest BCUT2D eigenvalue weighted by atomic mass is 10.1. The highest BCUT2D eigenvalue weighted by molar-refractivity contribution is 6.31. The first kappa shape index (κ1) is 11.9. The molecule has 0 spiro atoms. The van der Waals surface area contributed by atoms with E-state index in [4.69, 9.17) is 22.0 Å². The van der Waals surface area contributed by atoms with Gasteiger partial charge in [-0.05, 0) is 12.1 Å². The molecule has 2 N–H and O–H groups in total. The molecule has 0 heterocycles. The lowest BCUT2D eigenvalue weighted by Crippen LogP contribution is -2.24. The summed E-state index contributed by atoms with van der Waals surface area (Å²) in [5, 5.41) is 20.3. The van der Waals surface area contributed by atoms with E-state index in [2.05, 4.69) is 5.32 Å². The second kappa shape index (κ2) is 5.66. The van der Waals surface area contributed by atoms with Crippen molar-refractivity contribution in [3.8, 4) is 6.07 Å². The van der Waals surface area contributed by atoms with E-state index in [-0.39, 0.29) is 23.7 Å². The standard InChI is InChI=1S/C10H10ClFN2O/c11-7-2-1-3-8(12)10(7)9(6-13)14-4-5-15/h1-3,9,14-15H,4-5H2. The van der Waals surface area contributed by atoms with Gasteiger partial charge < -0.3 is 5.11 Å².